The number of rotatable bonds is 5. The van der Waals surface area contributed by atoms with E-state index in [-0.39, 0.29) is 0 Å². The summed E-state index contributed by atoms with van der Waals surface area (Å²) < 4.78 is 0. The zero-order valence-corrected chi connectivity index (χ0v) is 9.89. The fourth-order valence-corrected chi connectivity index (χ4v) is 2.96. The lowest BCUT2D eigenvalue weighted by molar-refractivity contribution is 0.500. The van der Waals surface area contributed by atoms with Gasteiger partial charge in [-0.05, 0) is 63.6 Å². The van der Waals surface area contributed by atoms with Crippen molar-refractivity contribution in [3.8, 4) is 0 Å². The van der Waals surface area contributed by atoms with Gasteiger partial charge in [0, 0.05) is 0 Å². The molecule has 2 aliphatic rings. The zero-order chi connectivity index (χ0) is 10.5. The monoisotopic (exact) mass is 205 g/mol. The molecule has 0 fully saturated rings. The Kier molecular flexibility index (Phi) is 4.01. The average molecular weight is 205 g/mol. The molecule has 0 radical (unpaired) electrons. The lowest BCUT2D eigenvalue weighted by atomic mass is 9.90. The molecule has 0 bridgehead atoms. The van der Waals surface area contributed by atoms with Gasteiger partial charge in [-0.1, -0.05) is 24.1 Å². The summed E-state index contributed by atoms with van der Waals surface area (Å²) in [7, 11) is 2.04. The smallest absolute Gasteiger partial charge is 0.00519 e. The molecule has 1 nitrogen and oxygen atoms in total. The van der Waals surface area contributed by atoms with Crippen molar-refractivity contribution in [3.05, 3.63) is 23.3 Å². The van der Waals surface area contributed by atoms with E-state index in [1.807, 2.05) is 12.6 Å². The number of unbranched alkanes of at least 4 members (excludes halogenated alkanes) is 1. The van der Waals surface area contributed by atoms with E-state index in [0.29, 0.717) is 0 Å². The standard InChI is InChI=1S/C14H23N/c1-15-11-5-4-7-13-10-9-12-6-2-3-8-14(12)13/h2,6,13,15H,3-5,7-11H2,1H3. The first kappa shape index (κ1) is 10.9. The summed E-state index contributed by atoms with van der Waals surface area (Å²) in [5.41, 5.74) is 3.49. The van der Waals surface area contributed by atoms with Crippen molar-refractivity contribution in [2.45, 2.75) is 44.9 Å². The second kappa shape index (κ2) is 5.50. The molecule has 15 heavy (non-hydrogen) atoms. The van der Waals surface area contributed by atoms with Gasteiger partial charge >= 0.3 is 0 Å². The highest BCUT2D eigenvalue weighted by Crippen LogP contribution is 2.40. The van der Waals surface area contributed by atoms with Crippen molar-refractivity contribution < 1.29 is 0 Å². The topological polar surface area (TPSA) is 12.0 Å². The number of hydrogen-bond donors (Lipinski definition) is 1. The Morgan fingerprint density at radius 3 is 3.13 bits per heavy atom. The second-order valence-corrected chi connectivity index (χ2v) is 4.83. The van der Waals surface area contributed by atoms with E-state index in [2.05, 4.69) is 17.5 Å². The third kappa shape index (κ3) is 2.72. The van der Waals surface area contributed by atoms with Crippen molar-refractivity contribution in [3.63, 3.8) is 0 Å². The maximum absolute atomic E-state index is 3.23. The molecule has 0 heterocycles. The van der Waals surface area contributed by atoms with E-state index in [1.165, 1.54) is 51.5 Å². The van der Waals surface area contributed by atoms with Crippen molar-refractivity contribution in [2.75, 3.05) is 13.6 Å². The van der Waals surface area contributed by atoms with E-state index >= 15 is 0 Å². The molecule has 2 aliphatic carbocycles. The van der Waals surface area contributed by atoms with Crippen LogP contribution in [-0.2, 0) is 0 Å². The molecule has 0 saturated carbocycles. The van der Waals surface area contributed by atoms with E-state index < -0.39 is 0 Å². The molecule has 0 spiro atoms. The maximum atomic E-state index is 3.23. The van der Waals surface area contributed by atoms with Gasteiger partial charge in [-0.2, -0.15) is 0 Å². The minimum atomic E-state index is 0.932. The number of hydrogen-bond acceptors (Lipinski definition) is 1. The van der Waals surface area contributed by atoms with Crippen LogP contribution < -0.4 is 5.32 Å². The fraction of sp³-hybridized carbons (Fsp3) is 0.714. The largest absolute Gasteiger partial charge is 0.320 e. The van der Waals surface area contributed by atoms with Gasteiger partial charge in [0.05, 0.1) is 0 Å². The van der Waals surface area contributed by atoms with Crippen LogP contribution in [0.3, 0.4) is 0 Å². The van der Waals surface area contributed by atoms with Gasteiger partial charge in [0.2, 0.25) is 0 Å². The minimum Gasteiger partial charge on any atom is -0.320 e. The van der Waals surface area contributed by atoms with Gasteiger partial charge < -0.3 is 5.32 Å². The Morgan fingerprint density at radius 2 is 2.27 bits per heavy atom. The quantitative estimate of drug-likeness (QED) is 0.678. The average Bonchev–Trinajstić information content (AvgIpc) is 2.68. The predicted octanol–water partition coefficient (Wildman–Crippen LogP) is 3.43. The third-order valence-electron chi connectivity index (χ3n) is 3.80. The number of nitrogens with one attached hydrogen (secondary N) is 1. The van der Waals surface area contributed by atoms with Gasteiger partial charge in [0.1, 0.15) is 0 Å². The highest BCUT2D eigenvalue weighted by molar-refractivity contribution is 5.34. The molecule has 84 valence electrons. The van der Waals surface area contributed by atoms with E-state index in [9.17, 15) is 0 Å². The molecule has 0 aromatic heterocycles. The lowest BCUT2D eigenvalue weighted by Crippen LogP contribution is -2.08. The lowest BCUT2D eigenvalue weighted by Gasteiger charge is -2.16. The Bertz CT molecular complexity index is 263. The first-order chi connectivity index (χ1) is 7.42. The summed E-state index contributed by atoms with van der Waals surface area (Å²) >= 11 is 0. The second-order valence-electron chi connectivity index (χ2n) is 4.83. The molecule has 1 unspecified atom stereocenters. The minimum absolute atomic E-state index is 0.932. The molecule has 2 rings (SSSR count). The summed E-state index contributed by atoms with van der Waals surface area (Å²) in [6, 6.07) is 0. The summed E-state index contributed by atoms with van der Waals surface area (Å²) in [5, 5.41) is 3.23. The molecule has 1 heteroatoms. The van der Waals surface area contributed by atoms with E-state index in [4.69, 9.17) is 0 Å². The van der Waals surface area contributed by atoms with Crippen molar-refractivity contribution in [2.24, 2.45) is 5.92 Å². The Labute approximate surface area is 93.6 Å². The molecular weight excluding hydrogens is 182 g/mol. The van der Waals surface area contributed by atoms with Crippen LogP contribution in [0.25, 0.3) is 0 Å². The highest BCUT2D eigenvalue weighted by atomic mass is 14.8. The molecule has 1 N–H and O–H groups in total. The molecule has 0 saturated heterocycles. The normalized spacial score (nSPS) is 24.7. The van der Waals surface area contributed by atoms with Gasteiger partial charge in [-0.15, -0.1) is 0 Å². The summed E-state index contributed by atoms with van der Waals surface area (Å²) in [6.07, 6.45) is 14.3. The van der Waals surface area contributed by atoms with Crippen LogP contribution in [0.15, 0.2) is 23.3 Å². The van der Waals surface area contributed by atoms with E-state index in [1.54, 1.807) is 5.57 Å². The van der Waals surface area contributed by atoms with Gasteiger partial charge in [0.15, 0.2) is 0 Å². The van der Waals surface area contributed by atoms with Crippen molar-refractivity contribution in [1.82, 2.24) is 5.32 Å². The molecule has 0 aromatic carbocycles. The fourth-order valence-electron chi connectivity index (χ4n) is 2.96. The predicted molar refractivity (Wildman–Crippen MR) is 65.9 cm³/mol. The zero-order valence-electron chi connectivity index (χ0n) is 9.89. The van der Waals surface area contributed by atoms with Crippen LogP contribution in [0.5, 0.6) is 0 Å². The SMILES string of the molecule is CNCCCCC1CCC2=C1CCC=C2. The van der Waals surface area contributed by atoms with Crippen molar-refractivity contribution >= 4 is 0 Å². The van der Waals surface area contributed by atoms with Crippen molar-refractivity contribution in [1.29, 1.82) is 0 Å². The van der Waals surface area contributed by atoms with Crippen LogP contribution in [0, 0.1) is 5.92 Å². The summed E-state index contributed by atoms with van der Waals surface area (Å²) in [6.45, 7) is 1.18. The highest BCUT2D eigenvalue weighted by Gasteiger charge is 2.24. The van der Waals surface area contributed by atoms with Crippen LogP contribution >= 0.6 is 0 Å². The van der Waals surface area contributed by atoms with E-state index in [0.717, 1.165) is 5.92 Å². The number of allylic oxidation sites excluding steroid dienone is 4. The molecule has 1 atom stereocenters. The molecule has 0 aromatic rings. The Morgan fingerprint density at radius 1 is 1.33 bits per heavy atom. The van der Waals surface area contributed by atoms with Gasteiger partial charge in [0.25, 0.3) is 0 Å². The van der Waals surface area contributed by atoms with Crippen LogP contribution in [0.4, 0.5) is 0 Å². The molecule has 0 amide bonds. The Balaban J connectivity index is 1.79. The van der Waals surface area contributed by atoms with Crippen LogP contribution in [0.2, 0.25) is 0 Å². The van der Waals surface area contributed by atoms with Crippen LogP contribution in [-0.4, -0.2) is 13.6 Å². The molecular formula is C14H23N. The third-order valence-corrected chi connectivity index (χ3v) is 3.80. The molecule has 0 aliphatic heterocycles. The van der Waals surface area contributed by atoms with Crippen LogP contribution in [0.1, 0.15) is 44.9 Å². The summed E-state index contributed by atoms with van der Waals surface area (Å²) in [4.78, 5) is 0. The van der Waals surface area contributed by atoms with Gasteiger partial charge in [-0.3, -0.25) is 0 Å². The maximum Gasteiger partial charge on any atom is -0.00519 e. The van der Waals surface area contributed by atoms with Gasteiger partial charge in [-0.25, -0.2) is 0 Å². The first-order valence-corrected chi connectivity index (χ1v) is 6.45. The first-order valence-electron chi connectivity index (χ1n) is 6.45. The summed E-state index contributed by atoms with van der Waals surface area (Å²) in [5.74, 6) is 0.932. The Hall–Kier alpha value is -0.560.